The summed E-state index contributed by atoms with van der Waals surface area (Å²) >= 11 is 0. The van der Waals surface area contributed by atoms with Crippen LogP contribution in [-0.2, 0) is 66.7 Å². The Labute approximate surface area is 292 Å². The van der Waals surface area contributed by atoms with Crippen molar-refractivity contribution in [2.45, 2.75) is 142 Å². The largest absolute Gasteiger partial charge is 0.467 e. The fourth-order valence-corrected chi connectivity index (χ4v) is 9.74. The normalized spacial score (nSPS) is 40.4. The van der Waals surface area contributed by atoms with Crippen LogP contribution in [-0.4, -0.2) is 91.9 Å². The van der Waals surface area contributed by atoms with Crippen LogP contribution in [0.5, 0.6) is 0 Å². The Balaban J connectivity index is 1.60. The van der Waals surface area contributed by atoms with Crippen molar-refractivity contribution in [3.8, 4) is 0 Å². The molecule has 0 spiro atoms. The summed E-state index contributed by atoms with van der Waals surface area (Å²) < 4.78 is 46.3. The maximum atomic E-state index is 13.1. The summed E-state index contributed by atoms with van der Waals surface area (Å²) in [6.07, 6.45) is -1.61. The van der Waals surface area contributed by atoms with Gasteiger partial charge in [-0.15, -0.1) is 0 Å². The first-order valence-corrected chi connectivity index (χ1v) is 17.4. The van der Waals surface area contributed by atoms with Gasteiger partial charge in [0.2, 0.25) is 6.29 Å². The summed E-state index contributed by atoms with van der Waals surface area (Å²) in [5.74, 6) is -3.89. The number of methoxy groups -OCH3 is 1. The van der Waals surface area contributed by atoms with E-state index >= 15 is 0 Å². The fourth-order valence-electron chi connectivity index (χ4n) is 9.74. The molecule has 0 radical (unpaired) electrons. The molecule has 4 fully saturated rings. The first kappa shape index (κ1) is 37.7. The SMILES string of the molecule is COC(=O)[C@H]1O[C@@H](O[C@H]2C=C3C[C@@H](OC(C)=O)CC[C@]3(C)[C@H]3CC[C@]4(C)[C@@H](OC(C)=O)CC[C@H]4[C@H]23)[C@H](OC(C)=O)[C@@H](OC(C)=O)[C@@H]1OC(C)=O. The summed E-state index contributed by atoms with van der Waals surface area (Å²) in [6.45, 7) is 10.6. The second-order valence-corrected chi connectivity index (χ2v) is 14.9. The quantitative estimate of drug-likeness (QED) is 0.204. The van der Waals surface area contributed by atoms with E-state index in [0.717, 1.165) is 59.1 Å². The number of ether oxygens (including phenoxy) is 8. The summed E-state index contributed by atoms with van der Waals surface area (Å²) in [4.78, 5) is 74.3. The van der Waals surface area contributed by atoms with Gasteiger partial charge in [-0.2, -0.15) is 0 Å². The van der Waals surface area contributed by atoms with Gasteiger partial charge in [0, 0.05) is 46.5 Å². The molecule has 0 aromatic carbocycles. The lowest BCUT2D eigenvalue weighted by Gasteiger charge is -2.59. The molecule has 14 heteroatoms. The monoisotopic (exact) mass is 706 g/mol. The highest BCUT2D eigenvalue weighted by Crippen LogP contribution is 2.66. The van der Waals surface area contributed by atoms with Gasteiger partial charge in [-0.1, -0.05) is 25.5 Å². The lowest BCUT2D eigenvalue weighted by Crippen LogP contribution is -2.65. The molecule has 0 unspecified atom stereocenters. The van der Waals surface area contributed by atoms with Crippen LogP contribution in [0.1, 0.15) is 93.4 Å². The first-order chi connectivity index (χ1) is 23.5. The minimum absolute atomic E-state index is 0.0571. The Morgan fingerprint density at radius 2 is 1.30 bits per heavy atom. The second-order valence-electron chi connectivity index (χ2n) is 14.9. The lowest BCUT2D eigenvalue weighted by molar-refractivity contribution is -0.315. The summed E-state index contributed by atoms with van der Waals surface area (Å²) in [5, 5.41) is 0. The lowest BCUT2D eigenvalue weighted by atomic mass is 9.47. The third-order valence-electron chi connectivity index (χ3n) is 11.7. The van der Waals surface area contributed by atoms with Crippen molar-refractivity contribution in [3.05, 3.63) is 11.6 Å². The van der Waals surface area contributed by atoms with E-state index in [2.05, 4.69) is 13.8 Å². The van der Waals surface area contributed by atoms with Crippen molar-refractivity contribution in [1.82, 2.24) is 0 Å². The summed E-state index contributed by atoms with van der Waals surface area (Å²) in [7, 11) is 1.13. The molecule has 5 aliphatic rings. The first-order valence-electron chi connectivity index (χ1n) is 17.4. The van der Waals surface area contributed by atoms with Crippen LogP contribution >= 0.6 is 0 Å². The Hall–Kier alpha value is -3.52. The Morgan fingerprint density at radius 1 is 0.700 bits per heavy atom. The molecule has 0 N–H and O–H groups in total. The molecule has 50 heavy (non-hydrogen) atoms. The van der Waals surface area contributed by atoms with Crippen LogP contribution in [0, 0.1) is 28.6 Å². The molecule has 1 saturated heterocycles. The number of hydrogen-bond acceptors (Lipinski definition) is 14. The molecule has 4 aliphatic carbocycles. The van der Waals surface area contributed by atoms with E-state index in [1.807, 2.05) is 6.08 Å². The fraction of sp³-hybridized carbons (Fsp3) is 0.778. The van der Waals surface area contributed by atoms with E-state index < -0.39 is 60.7 Å². The van der Waals surface area contributed by atoms with Crippen LogP contribution in [0.4, 0.5) is 0 Å². The number of esters is 6. The maximum Gasteiger partial charge on any atom is 0.339 e. The van der Waals surface area contributed by atoms with Crippen LogP contribution in [0.2, 0.25) is 0 Å². The molecule has 0 bridgehead atoms. The standard InChI is InChI=1S/C36H50O14/c1-17(37)44-23-11-13-35(6)22(15-23)16-26(28-24-9-10-27(45-18(2)38)36(24,7)14-12-25(28)35)49-34-32(48-21(5)41)30(47-20(4)40)29(46-19(3)39)31(50-34)33(42)43-8/h16,23-32,34H,9-15H2,1-8H3/t23-,24-,25-,26-,27-,28-,29-,30-,31-,32+,34+,35-,36-/m0/s1. The predicted molar refractivity (Wildman–Crippen MR) is 170 cm³/mol. The number of carbonyl (C=O) groups excluding carboxylic acids is 6. The Kier molecular flexibility index (Phi) is 11.0. The zero-order valence-corrected chi connectivity index (χ0v) is 30.1. The molecule has 3 saturated carbocycles. The van der Waals surface area contributed by atoms with Crippen molar-refractivity contribution in [2.24, 2.45) is 28.6 Å². The van der Waals surface area contributed by atoms with Crippen molar-refractivity contribution in [2.75, 3.05) is 7.11 Å². The van der Waals surface area contributed by atoms with E-state index in [-0.39, 0.29) is 52.7 Å². The third-order valence-corrected chi connectivity index (χ3v) is 11.7. The van der Waals surface area contributed by atoms with E-state index in [9.17, 15) is 28.8 Å². The zero-order chi connectivity index (χ0) is 36.7. The maximum absolute atomic E-state index is 13.1. The summed E-state index contributed by atoms with van der Waals surface area (Å²) in [6, 6.07) is 0. The molecule has 0 aromatic heterocycles. The molecule has 14 nitrogen and oxygen atoms in total. The van der Waals surface area contributed by atoms with Gasteiger partial charge >= 0.3 is 35.8 Å². The van der Waals surface area contributed by atoms with Gasteiger partial charge in [0.1, 0.15) is 12.2 Å². The second kappa shape index (κ2) is 14.6. The van der Waals surface area contributed by atoms with Gasteiger partial charge in [-0.05, 0) is 61.7 Å². The predicted octanol–water partition coefficient (Wildman–Crippen LogP) is 3.50. The minimum Gasteiger partial charge on any atom is -0.467 e. The van der Waals surface area contributed by atoms with Crippen LogP contribution in [0.15, 0.2) is 11.6 Å². The van der Waals surface area contributed by atoms with Gasteiger partial charge in [-0.3, -0.25) is 24.0 Å². The Bertz CT molecular complexity index is 1410. The highest BCUT2D eigenvalue weighted by atomic mass is 16.7. The van der Waals surface area contributed by atoms with Gasteiger partial charge in [0.15, 0.2) is 24.4 Å². The van der Waals surface area contributed by atoms with Crippen molar-refractivity contribution >= 4 is 35.8 Å². The molecule has 0 amide bonds. The van der Waals surface area contributed by atoms with Crippen LogP contribution in [0.25, 0.3) is 0 Å². The molecule has 1 heterocycles. The van der Waals surface area contributed by atoms with E-state index in [1.165, 1.54) is 13.8 Å². The van der Waals surface area contributed by atoms with Gasteiger partial charge < -0.3 is 37.9 Å². The molecular weight excluding hydrogens is 656 g/mol. The summed E-state index contributed by atoms with van der Waals surface area (Å²) in [5.41, 5.74) is 0.487. The topological polar surface area (TPSA) is 176 Å². The van der Waals surface area contributed by atoms with E-state index in [4.69, 9.17) is 37.9 Å². The van der Waals surface area contributed by atoms with Crippen molar-refractivity contribution < 1.29 is 66.7 Å². The average molecular weight is 707 g/mol. The molecule has 13 atom stereocenters. The average Bonchev–Trinajstić information content (AvgIpc) is 3.34. The molecule has 5 rings (SSSR count). The zero-order valence-electron chi connectivity index (χ0n) is 30.1. The van der Waals surface area contributed by atoms with E-state index in [1.54, 1.807) is 0 Å². The number of hydrogen-bond donors (Lipinski definition) is 0. The van der Waals surface area contributed by atoms with Gasteiger partial charge in [0.25, 0.3) is 0 Å². The van der Waals surface area contributed by atoms with Crippen LogP contribution < -0.4 is 0 Å². The molecule has 1 aliphatic heterocycles. The molecule has 0 aromatic rings. The van der Waals surface area contributed by atoms with Crippen LogP contribution in [0.3, 0.4) is 0 Å². The number of fused-ring (bicyclic) bond motifs is 5. The molecule has 278 valence electrons. The highest BCUT2D eigenvalue weighted by molar-refractivity contribution is 5.77. The highest BCUT2D eigenvalue weighted by Gasteiger charge is 2.63. The molecular formula is C36H50O14. The number of carbonyl (C=O) groups is 6. The Morgan fingerprint density at radius 3 is 1.90 bits per heavy atom. The van der Waals surface area contributed by atoms with E-state index in [0.29, 0.717) is 19.3 Å². The number of rotatable bonds is 8. The van der Waals surface area contributed by atoms with Gasteiger partial charge in [-0.25, -0.2) is 4.79 Å². The smallest absolute Gasteiger partial charge is 0.339 e. The van der Waals surface area contributed by atoms with Crippen molar-refractivity contribution in [3.63, 3.8) is 0 Å². The van der Waals surface area contributed by atoms with Gasteiger partial charge in [0.05, 0.1) is 13.2 Å². The van der Waals surface area contributed by atoms with Crippen molar-refractivity contribution in [1.29, 1.82) is 0 Å². The minimum atomic E-state index is -1.60. The third kappa shape index (κ3) is 7.28.